The van der Waals surface area contributed by atoms with Gasteiger partial charge in [0, 0.05) is 17.7 Å². The summed E-state index contributed by atoms with van der Waals surface area (Å²) in [6.07, 6.45) is 2.17. The molecule has 0 aromatic rings. The standard InChI is InChI=1S/C8H14O2.C4H2O3/c1-6(2)7(9)10-8(3,4)5;5-3-1-2-4(6)7-3/h1H2,2-5H3;1-2H. The molecular formula is C12H16O5. The fourth-order valence-electron chi connectivity index (χ4n) is 0.668. The van der Waals surface area contributed by atoms with Crippen LogP contribution < -0.4 is 0 Å². The number of hydrogen-bond donors (Lipinski definition) is 0. The predicted octanol–water partition coefficient (Wildman–Crippen LogP) is 1.53. The summed E-state index contributed by atoms with van der Waals surface area (Å²) in [6, 6.07) is 0. The summed E-state index contributed by atoms with van der Waals surface area (Å²) >= 11 is 0. The quantitative estimate of drug-likeness (QED) is 0.395. The van der Waals surface area contributed by atoms with E-state index in [9.17, 15) is 14.4 Å². The highest BCUT2D eigenvalue weighted by atomic mass is 16.6. The summed E-state index contributed by atoms with van der Waals surface area (Å²) in [5, 5.41) is 0. The lowest BCUT2D eigenvalue weighted by atomic mass is 10.2. The minimum Gasteiger partial charge on any atom is -0.457 e. The maximum atomic E-state index is 10.8. The molecule has 1 heterocycles. The number of ether oxygens (including phenoxy) is 2. The van der Waals surface area contributed by atoms with Gasteiger partial charge in [-0.1, -0.05) is 6.58 Å². The van der Waals surface area contributed by atoms with Gasteiger partial charge < -0.3 is 9.47 Å². The molecule has 17 heavy (non-hydrogen) atoms. The lowest BCUT2D eigenvalue weighted by molar-refractivity contribution is -0.151. The molecular weight excluding hydrogens is 224 g/mol. The van der Waals surface area contributed by atoms with Crippen LogP contribution in [0.4, 0.5) is 0 Å². The maximum Gasteiger partial charge on any atom is 0.338 e. The normalized spacial score (nSPS) is 13.6. The Morgan fingerprint density at radius 2 is 1.65 bits per heavy atom. The van der Waals surface area contributed by atoms with Gasteiger partial charge in [0.25, 0.3) is 0 Å². The third-order valence-corrected chi connectivity index (χ3v) is 1.30. The second-order valence-corrected chi connectivity index (χ2v) is 4.36. The highest BCUT2D eigenvalue weighted by molar-refractivity contribution is 6.04. The van der Waals surface area contributed by atoms with Gasteiger partial charge in [-0.2, -0.15) is 0 Å². The zero-order valence-electron chi connectivity index (χ0n) is 10.4. The van der Waals surface area contributed by atoms with Gasteiger partial charge in [0.1, 0.15) is 5.60 Å². The zero-order valence-corrected chi connectivity index (χ0v) is 10.4. The van der Waals surface area contributed by atoms with E-state index in [4.69, 9.17) is 4.74 Å². The molecule has 0 amide bonds. The summed E-state index contributed by atoms with van der Waals surface area (Å²) in [5.74, 6) is -1.48. The van der Waals surface area contributed by atoms with Crippen molar-refractivity contribution in [3.05, 3.63) is 24.3 Å². The first-order valence-electron chi connectivity index (χ1n) is 4.94. The molecule has 0 atom stereocenters. The second kappa shape index (κ2) is 5.98. The number of rotatable bonds is 1. The molecule has 0 radical (unpaired) electrons. The first-order valence-corrected chi connectivity index (χ1v) is 4.94. The largest absolute Gasteiger partial charge is 0.457 e. The molecule has 0 bridgehead atoms. The average molecular weight is 240 g/mol. The molecule has 0 aromatic heterocycles. The van der Waals surface area contributed by atoms with Crippen LogP contribution >= 0.6 is 0 Å². The van der Waals surface area contributed by atoms with Gasteiger partial charge in [-0.05, 0) is 27.7 Å². The van der Waals surface area contributed by atoms with Crippen molar-refractivity contribution in [1.29, 1.82) is 0 Å². The van der Waals surface area contributed by atoms with E-state index < -0.39 is 17.5 Å². The fourth-order valence-corrected chi connectivity index (χ4v) is 0.668. The van der Waals surface area contributed by atoms with Crippen LogP contribution in [0.1, 0.15) is 27.7 Å². The molecule has 0 aromatic carbocycles. The molecule has 0 unspecified atom stereocenters. The second-order valence-electron chi connectivity index (χ2n) is 4.36. The molecule has 0 aliphatic carbocycles. The fraction of sp³-hybridized carbons (Fsp3) is 0.417. The summed E-state index contributed by atoms with van der Waals surface area (Å²) in [4.78, 5) is 30.7. The molecule has 0 spiro atoms. The molecule has 0 saturated carbocycles. The van der Waals surface area contributed by atoms with Gasteiger partial charge >= 0.3 is 17.9 Å². The van der Waals surface area contributed by atoms with Crippen molar-refractivity contribution in [2.75, 3.05) is 0 Å². The van der Waals surface area contributed by atoms with Crippen molar-refractivity contribution >= 4 is 17.9 Å². The topological polar surface area (TPSA) is 69.7 Å². The molecule has 1 rings (SSSR count). The number of esters is 3. The Hall–Kier alpha value is -1.91. The summed E-state index contributed by atoms with van der Waals surface area (Å²) < 4.78 is 8.93. The third-order valence-electron chi connectivity index (χ3n) is 1.30. The SMILES string of the molecule is C=C(C)C(=O)OC(C)(C)C.O=C1C=CC(=O)O1. The molecule has 1 aliphatic rings. The predicted molar refractivity (Wildman–Crippen MR) is 60.9 cm³/mol. The number of hydrogen-bond acceptors (Lipinski definition) is 5. The molecule has 5 heteroatoms. The molecule has 0 N–H and O–H groups in total. The molecule has 0 saturated heterocycles. The van der Waals surface area contributed by atoms with E-state index in [0.717, 1.165) is 12.2 Å². The van der Waals surface area contributed by atoms with Gasteiger partial charge in [0.05, 0.1) is 0 Å². The van der Waals surface area contributed by atoms with Crippen LogP contribution in [0.3, 0.4) is 0 Å². The van der Waals surface area contributed by atoms with Crippen molar-refractivity contribution in [3.63, 3.8) is 0 Å². The van der Waals surface area contributed by atoms with Crippen LogP contribution in [0, 0.1) is 0 Å². The highest BCUT2D eigenvalue weighted by Gasteiger charge is 2.15. The Labute approximate surface area is 100 Å². The van der Waals surface area contributed by atoms with E-state index in [0.29, 0.717) is 5.57 Å². The average Bonchev–Trinajstić information content (AvgIpc) is 2.47. The monoisotopic (exact) mass is 240 g/mol. The molecule has 94 valence electrons. The summed E-state index contributed by atoms with van der Waals surface area (Å²) in [7, 11) is 0. The summed E-state index contributed by atoms with van der Waals surface area (Å²) in [6.45, 7) is 10.6. The van der Waals surface area contributed by atoms with E-state index in [1.165, 1.54) is 0 Å². The van der Waals surface area contributed by atoms with Crippen LogP contribution in [-0.4, -0.2) is 23.5 Å². The van der Waals surface area contributed by atoms with Gasteiger partial charge in [-0.3, -0.25) is 0 Å². The van der Waals surface area contributed by atoms with Crippen LogP contribution in [0.25, 0.3) is 0 Å². The lowest BCUT2D eigenvalue weighted by Crippen LogP contribution is -2.23. The van der Waals surface area contributed by atoms with Crippen molar-refractivity contribution in [1.82, 2.24) is 0 Å². The van der Waals surface area contributed by atoms with Crippen molar-refractivity contribution in [2.24, 2.45) is 0 Å². The van der Waals surface area contributed by atoms with Gasteiger partial charge in [0.15, 0.2) is 0 Å². The zero-order chi connectivity index (χ0) is 13.6. The molecule has 5 nitrogen and oxygen atoms in total. The van der Waals surface area contributed by atoms with E-state index >= 15 is 0 Å². The van der Waals surface area contributed by atoms with Crippen molar-refractivity contribution in [3.8, 4) is 0 Å². The Bertz CT molecular complexity index is 355. The number of carbonyl (C=O) groups is 3. The Morgan fingerprint density at radius 1 is 1.24 bits per heavy atom. The summed E-state index contributed by atoms with van der Waals surface area (Å²) in [5.41, 5.74) is 0.0330. The minimum atomic E-state index is -0.579. The van der Waals surface area contributed by atoms with E-state index in [1.807, 2.05) is 20.8 Å². The van der Waals surface area contributed by atoms with Gasteiger partial charge in [-0.25, -0.2) is 14.4 Å². The van der Waals surface area contributed by atoms with Crippen LogP contribution in [0.2, 0.25) is 0 Å². The van der Waals surface area contributed by atoms with E-state index in [-0.39, 0.29) is 5.97 Å². The Kier molecular flexibility index (Phi) is 5.31. The maximum absolute atomic E-state index is 10.8. The van der Waals surface area contributed by atoms with Crippen molar-refractivity contribution < 1.29 is 23.9 Å². The van der Waals surface area contributed by atoms with Crippen LogP contribution in [0.15, 0.2) is 24.3 Å². The lowest BCUT2D eigenvalue weighted by Gasteiger charge is -2.19. The van der Waals surface area contributed by atoms with Gasteiger partial charge in [-0.15, -0.1) is 0 Å². The third kappa shape index (κ3) is 7.96. The molecule has 1 aliphatic heterocycles. The smallest absolute Gasteiger partial charge is 0.338 e. The highest BCUT2D eigenvalue weighted by Crippen LogP contribution is 2.09. The number of cyclic esters (lactones) is 2. The van der Waals surface area contributed by atoms with Gasteiger partial charge in [0.2, 0.25) is 0 Å². The first-order chi connectivity index (χ1) is 7.61. The van der Waals surface area contributed by atoms with E-state index in [1.54, 1.807) is 6.92 Å². The Morgan fingerprint density at radius 3 is 1.76 bits per heavy atom. The Balaban J connectivity index is 0.000000318. The van der Waals surface area contributed by atoms with Crippen LogP contribution in [0.5, 0.6) is 0 Å². The van der Waals surface area contributed by atoms with Crippen molar-refractivity contribution in [2.45, 2.75) is 33.3 Å². The van der Waals surface area contributed by atoms with Crippen LogP contribution in [-0.2, 0) is 23.9 Å². The molecule has 0 fully saturated rings. The minimum absolute atomic E-state index is 0.326. The number of carbonyl (C=O) groups excluding carboxylic acids is 3. The van der Waals surface area contributed by atoms with E-state index in [2.05, 4.69) is 11.3 Å². The first kappa shape index (κ1) is 15.1.